The summed E-state index contributed by atoms with van der Waals surface area (Å²) in [7, 11) is -0.313. The SMILES string of the molecule is CC1(C)c2cc(B3OC(C)(C)C(C)(C)O3)ccc2-c2c1sc1ccccc21. The van der Waals surface area contributed by atoms with Gasteiger partial charge in [0.25, 0.3) is 0 Å². The maximum absolute atomic E-state index is 6.29. The van der Waals surface area contributed by atoms with Gasteiger partial charge >= 0.3 is 7.12 Å². The monoisotopic (exact) mass is 376 g/mol. The third kappa shape index (κ3) is 2.27. The summed E-state index contributed by atoms with van der Waals surface area (Å²) in [4.78, 5) is 1.46. The van der Waals surface area contributed by atoms with Crippen molar-refractivity contribution in [2.45, 2.75) is 58.2 Å². The molecule has 0 unspecified atom stereocenters. The van der Waals surface area contributed by atoms with E-state index in [4.69, 9.17) is 9.31 Å². The van der Waals surface area contributed by atoms with Crippen LogP contribution in [0.2, 0.25) is 0 Å². The fraction of sp³-hybridized carbons (Fsp3) is 0.391. The number of hydrogen-bond acceptors (Lipinski definition) is 3. The molecule has 0 atom stereocenters. The van der Waals surface area contributed by atoms with Crippen LogP contribution < -0.4 is 5.46 Å². The van der Waals surface area contributed by atoms with Crippen LogP contribution in [-0.2, 0) is 14.7 Å². The zero-order chi connectivity index (χ0) is 19.2. The first-order valence-electron chi connectivity index (χ1n) is 9.64. The van der Waals surface area contributed by atoms with Crippen LogP contribution in [0.5, 0.6) is 0 Å². The Morgan fingerprint density at radius 2 is 1.52 bits per heavy atom. The molecule has 3 aromatic rings. The predicted octanol–water partition coefficient (Wildman–Crippen LogP) is 5.51. The van der Waals surface area contributed by atoms with Gasteiger partial charge in [-0.25, -0.2) is 0 Å². The van der Waals surface area contributed by atoms with Crippen LogP contribution in [0.4, 0.5) is 0 Å². The Bertz CT molecular complexity index is 1060. The third-order valence-corrected chi connectivity index (χ3v) is 8.17. The van der Waals surface area contributed by atoms with Gasteiger partial charge in [0.1, 0.15) is 0 Å². The lowest BCUT2D eigenvalue weighted by Crippen LogP contribution is -2.41. The van der Waals surface area contributed by atoms with Crippen molar-refractivity contribution in [3.8, 4) is 11.1 Å². The van der Waals surface area contributed by atoms with E-state index in [9.17, 15) is 0 Å². The Balaban J connectivity index is 1.64. The van der Waals surface area contributed by atoms with Crippen molar-refractivity contribution in [1.29, 1.82) is 0 Å². The summed E-state index contributed by atoms with van der Waals surface area (Å²) >= 11 is 1.93. The number of rotatable bonds is 1. The van der Waals surface area contributed by atoms with Crippen molar-refractivity contribution in [2.24, 2.45) is 0 Å². The van der Waals surface area contributed by atoms with Crippen LogP contribution in [0.15, 0.2) is 42.5 Å². The largest absolute Gasteiger partial charge is 0.494 e. The van der Waals surface area contributed by atoms with Gasteiger partial charge in [-0.3, -0.25) is 0 Å². The molecule has 2 aliphatic rings. The Labute approximate surface area is 165 Å². The lowest BCUT2D eigenvalue weighted by atomic mass is 9.75. The van der Waals surface area contributed by atoms with Crippen LogP contribution in [0.1, 0.15) is 52.0 Å². The van der Waals surface area contributed by atoms with Crippen molar-refractivity contribution in [3.63, 3.8) is 0 Å². The van der Waals surface area contributed by atoms with E-state index in [2.05, 4.69) is 84.0 Å². The number of thiophene rings is 1. The van der Waals surface area contributed by atoms with Gasteiger partial charge in [-0.2, -0.15) is 0 Å². The molecule has 27 heavy (non-hydrogen) atoms. The molecule has 2 heterocycles. The molecular formula is C23H25BO2S. The van der Waals surface area contributed by atoms with Gasteiger partial charge in [0.15, 0.2) is 0 Å². The summed E-state index contributed by atoms with van der Waals surface area (Å²) in [5, 5.41) is 1.37. The Kier molecular flexibility index (Phi) is 3.40. The van der Waals surface area contributed by atoms with E-state index >= 15 is 0 Å². The van der Waals surface area contributed by atoms with Crippen molar-refractivity contribution in [2.75, 3.05) is 0 Å². The van der Waals surface area contributed by atoms with E-state index in [0.717, 1.165) is 5.46 Å². The van der Waals surface area contributed by atoms with Crippen molar-refractivity contribution in [1.82, 2.24) is 0 Å². The predicted molar refractivity (Wildman–Crippen MR) is 115 cm³/mol. The summed E-state index contributed by atoms with van der Waals surface area (Å²) in [6.45, 7) is 13.1. The molecule has 1 aliphatic heterocycles. The van der Waals surface area contributed by atoms with E-state index in [0.29, 0.717) is 0 Å². The maximum atomic E-state index is 6.29. The van der Waals surface area contributed by atoms with E-state index in [1.54, 1.807) is 0 Å². The highest BCUT2D eigenvalue weighted by atomic mass is 32.1. The van der Waals surface area contributed by atoms with E-state index in [1.807, 2.05) is 11.3 Å². The molecule has 0 spiro atoms. The summed E-state index contributed by atoms with van der Waals surface area (Å²) in [6, 6.07) is 15.5. The molecule has 1 aliphatic carbocycles. The molecule has 0 amide bonds. The highest BCUT2D eigenvalue weighted by Crippen LogP contribution is 2.55. The van der Waals surface area contributed by atoms with Crippen LogP contribution in [0.25, 0.3) is 21.2 Å². The molecular weight excluding hydrogens is 351 g/mol. The van der Waals surface area contributed by atoms with Gasteiger partial charge in [0.05, 0.1) is 11.2 Å². The molecule has 0 bridgehead atoms. The number of fused-ring (bicyclic) bond motifs is 5. The molecule has 2 nitrogen and oxygen atoms in total. The van der Waals surface area contributed by atoms with Gasteiger partial charge < -0.3 is 9.31 Å². The fourth-order valence-electron chi connectivity index (χ4n) is 4.30. The second-order valence-electron chi connectivity index (χ2n) is 9.32. The topological polar surface area (TPSA) is 18.5 Å². The highest BCUT2D eigenvalue weighted by molar-refractivity contribution is 7.20. The van der Waals surface area contributed by atoms with Gasteiger partial charge in [0, 0.05) is 25.9 Å². The molecule has 2 aromatic carbocycles. The minimum Gasteiger partial charge on any atom is -0.399 e. The smallest absolute Gasteiger partial charge is 0.399 e. The first-order valence-corrected chi connectivity index (χ1v) is 10.5. The molecule has 0 radical (unpaired) electrons. The normalized spacial score (nSPS) is 21.5. The minimum atomic E-state index is -0.318. The first-order chi connectivity index (χ1) is 12.6. The van der Waals surface area contributed by atoms with Crippen molar-refractivity contribution >= 4 is 34.0 Å². The van der Waals surface area contributed by atoms with Crippen LogP contribution in [-0.4, -0.2) is 18.3 Å². The first kappa shape index (κ1) is 17.5. The molecule has 0 saturated carbocycles. The molecule has 1 saturated heterocycles. The zero-order valence-electron chi connectivity index (χ0n) is 16.8. The molecule has 5 rings (SSSR count). The van der Waals surface area contributed by atoms with Crippen LogP contribution in [0.3, 0.4) is 0 Å². The van der Waals surface area contributed by atoms with Crippen molar-refractivity contribution in [3.05, 3.63) is 52.9 Å². The second kappa shape index (κ2) is 5.25. The number of benzene rings is 2. The lowest BCUT2D eigenvalue weighted by molar-refractivity contribution is 0.00578. The summed E-state index contributed by atoms with van der Waals surface area (Å²) < 4.78 is 13.9. The summed E-state index contributed by atoms with van der Waals surface area (Å²) in [5.41, 5.74) is 4.61. The van der Waals surface area contributed by atoms with Gasteiger partial charge in [-0.15, -0.1) is 11.3 Å². The maximum Gasteiger partial charge on any atom is 0.494 e. The number of hydrogen-bond donors (Lipinski definition) is 0. The van der Waals surface area contributed by atoms with Gasteiger partial charge in [-0.05, 0) is 50.4 Å². The quantitative estimate of drug-likeness (QED) is 0.522. The Morgan fingerprint density at radius 3 is 2.22 bits per heavy atom. The van der Waals surface area contributed by atoms with Gasteiger partial charge in [-0.1, -0.05) is 50.2 Å². The van der Waals surface area contributed by atoms with Gasteiger partial charge in [0.2, 0.25) is 0 Å². The van der Waals surface area contributed by atoms with E-state index < -0.39 is 0 Å². The zero-order valence-corrected chi connectivity index (χ0v) is 17.7. The average Bonchev–Trinajstić information content (AvgIpc) is 3.16. The molecule has 1 aromatic heterocycles. The van der Waals surface area contributed by atoms with E-state index in [-0.39, 0.29) is 23.7 Å². The standard InChI is InChI=1S/C23H25BO2S/c1-21(2)17-13-14(24-25-22(3,4)23(5,6)26-24)11-12-15(17)19-16-9-7-8-10-18(16)27-20(19)21/h7-13H,1-6H3. The molecule has 0 N–H and O–H groups in total. The molecule has 1 fully saturated rings. The molecule has 138 valence electrons. The van der Waals surface area contributed by atoms with Crippen LogP contribution in [0, 0.1) is 0 Å². The third-order valence-electron chi connectivity index (χ3n) is 6.67. The summed E-state index contributed by atoms with van der Waals surface area (Å²) in [6.07, 6.45) is 0. The molecule has 4 heteroatoms. The summed E-state index contributed by atoms with van der Waals surface area (Å²) in [5.74, 6) is 0. The highest BCUT2D eigenvalue weighted by Gasteiger charge is 2.52. The fourth-order valence-corrected chi connectivity index (χ4v) is 5.63. The lowest BCUT2D eigenvalue weighted by Gasteiger charge is -2.32. The minimum absolute atomic E-state index is 0.00595. The van der Waals surface area contributed by atoms with E-state index in [1.165, 1.54) is 31.7 Å². The van der Waals surface area contributed by atoms with Crippen LogP contribution >= 0.6 is 11.3 Å². The van der Waals surface area contributed by atoms with Crippen molar-refractivity contribution < 1.29 is 9.31 Å². The Hall–Kier alpha value is -1.62. The Morgan fingerprint density at radius 1 is 0.852 bits per heavy atom. The average molecular weight is 376 g/mol. The second-order valence-corrected chi connectivity index (χ2v) is 10.4.